The zero-order valence-corrected chi connectivity index (χ0v) is 10.1. The molecule has 1 aliphatic heterocycles. The minimum atomic E-state index is 0.713. The fourth-order valence-corrected chi connectivity index (χ4v) is 2.16. The van der Waals surface area contributed by atoms with Gasteiger partial charge in [0, 0.05) is 18.4 Å². The minimum Gasteiger partial charge on any atom is -0.313 e. The van der Waals surface area contributed by atoms with Crippen molar-refractivity contribution < 1.29 is 4.58 Å². The van der Waals surface area contributed by atoms with Crippen LogP contribution >= 0.6 is 0 Å². The van der Waals surface area contributed by atoms with E-state index in [1.165, 1.54) is 25.9 Å². The van der Waals surface area contributed by atoms with E-state index in [9.17, 15) is 0 Å². The van der Waals surface area contributed by atoms with Gasteiger partial charge in [-0.1, -0.05) is 20.8 Å². The predicted octanol–water partition coefficient (Wildman–Crippen LogP) is 1.74. The molecular formula is C12H25N2+. The quantitative estimate of drug-likeness (QED) is 0.536. The van der Waals surface area contributed by atoms with Gasteiger partial charge in [0.15, 0.2) is 0 Å². The lowest BCUT2D eigenvalue weighted by molar-refractivity contribution is -0.500. The Bertz CT molecular complexity index is 196. The van der Waals surface area contributed by atoms with E-state index in [0.717, 1.165) is 11.8 Å². The first-order chi connectivity index (χ1) is 6.59. The van der Waals surface area contributed by atoms with Crippen molar-refractivity contribution in [3.63, 3.8) is 0 Å². The van der Waals surface area contributed by atoms with E-state index in [2.05, 4.69) is 43.9 Å². The van der Waals surface area contributed by atoms with Gasteiger partial charge in [0.1, 0.15) is 19.8 Å². The summed E-state index contributed by atoms with van der Waals surface area (Å²) in [5.74, 6) is 1.60. The smallest absolute Gasteiger partial charge is 0.144 e. The molecule has 14 heavy (non-hydrogen) atoms. The first kappa shape index (κ1) is 11.7. The molecule has 0 aromatic rings. The molecule has 1 aliphatic rings. The Morgan fingerprint density at radius 2 is 2.21 bits per heavy atom. The predicted molar refractivity (Wildman–Crippen MR) is 62.1 cm³/mol. The molecule has 0 radical (unpaired) electrons. The SMILES string of the molecule is CC(C)C[N+](C)=CC[C@@H]1NCCC1C. The molecule has 2 heteroatoms. The second-order valence-corrected chi connectivity index (χ2v) is 5.08. The second kappa shape index (κ2) is 5.50. The molecule has 2 nitrogen and oxygen atoms in total. The molecular weight excluding hydrogens is 172 g/mol. The fourth-order valence-electron chi connectivity index (χ4n) is 2.16. The minimum absolute atomic E-state index is 0.713. The van der Waals surface area contributed by atoms with Crippen molar-refractivity contribution in [2.24, 2.45) is 11.8 Å². The summed E-state index contributed by atoms with van der Waals surface area (Å²) in [5, 5.41) is 3.56. The van der Waals surface area contributed by atoms with E-state index in [1.807, 2.05) is 0 Å². The summed E-state index contributed by atoms with van der Waals surface area (Å²) in [6.45, 7) is 9.25. The Morgan fingerprint density at radius 3 is 2.71 bits per heavy atom. The lowest BCUT2D eigenvalue weighted by Crippen LogP contribution is -2.27. The highest BCUT2D eigenvalue weighted by Gasteiger charge is 2.22. The first-order valence-electron chi connectivity index (χ1n) is 5.86. The van der Waals surface area contributed by atoms with Crippen LogP contribution in [0.1, 0.15) is 33.6 Å². The van der Waals surface area contributed by atoms with Crippen LogP contribution in [0.2, 0.25) is 0 Å². The summed E-state index contributed by atoms with van der Waals surface area (Å²) in [7, 11) is 2.18. The second-order valence-electron chi connectivity index (χ2n) is 5.08. The first-order valence-corrected chi connectivity index (χ1v) is 5.86. The summed E-state index contributed by atoms with van der Waals surface area (Å²) in [5.41, 5.74) is 0. The molecule has 0 saturated carbocycles. The van der Waals surface area contributed by atoms with E-state index in [-0.39, 0.29) is 0 Å². The Balaban J connectivity index is 2.30. The maximum Gasteiger partial charge on any atom is 0.144 e. The van der Waals surface area contributed by atoms with Gasteiger partial charge < -0.3 is 5.32 Å². The third-order valence-electron chi connectivity index (χ3n) is 3.02. The molecule has 1 unspecified atom stereocenters. The molecule has 2 atom stereocenters. The van der Waals surface area contributed by atoms with Crippen LogP contribution < -0.4 is 5.32 Å². The Hall–Kier alpha value is -0.370. The Kier molecular flexibility index (Phi) is 4.59. The van der Waals surface area contributed by atoms with Crippen molar-refractivity contribution in [1.82, 2.24) is 5.32 Å². The molecule has 1 heterocycles. The van der Waals surface area contributed by atoms with Crippen LogP contribution in [-0.2, 0) is 0 Å². The van der Waals surface area contributed by atoms with E-state index in [0.29, 0.717) is 6.04 Å². The van der Waals surface area contributed by atoms with Crippen LogP contribution in [-0.4, -0.2) is 37.0 Å². The molecule has 0 spiro atoms. The summed E-state index contributed by atoms with van der Waals surface area (Å²) < 4.78 is 2.33. The lowest BCUT2D eigenvalue weighted by Gasteiger charge is -2.11. The Morgan fingerprint density at radius 1 is 1.50 bits per heavy atom. The molecule has 0 aromatic heterocycles. The van der Waals surface area contributed by atoms with Gasteiger partial charge >= 0.3 is 0 Å². The topological polar surface area (TPSA) is 15.0 Å². The van der Waals surface area contributed by atoms with E-state index >= 15 is 0 Å². The molecule has 1 N–H and O–H groups in total. The molecule has 0 amide bonds. The summed E-state index contributed by atoms with van der Waals surface area (Å²) >= 11 is 0. The van der Waals surface area contributed by atoms with Crippen molar-refractivity contribution in [2.45, 2.75) is 39.7 Å². The Labute approximate surface area is 88.4 Å². The van der Waals surface area contributed by atoms with Gasteiger partial charge in [-0.05, 0) is 18.9 Å². The summed E-state index contributed by atoms with van der Waals surface area (Å²) in [6, 6.07) is 0.713. The third-order valence-corrected chi connectivity index (χ3v) is 3.02. The monoisotopic (exact) mass is 197 g/mol. The molecule has 1 saturated heterocycles. The van der Waals surface area contributed by atoms with Gasteiger partial charge in [-0.3, -0.25) is 0 Å². The number of rotatable bonds is 4. The number of nitrogens with zero attached hydrogens (tertiary/aromatic N) is 1. The molecule has 0 aliphatic carbocycles. The molecule has 0 aromatic carbocycles. The molecule has 1 rings (SSSR count). The van der Waals surface area contributed by atoms with Crippen LogP contribution in [0.25, 0.3) is 0 Å². The highest BCUT2D eigenvalue weighted by atomic mass is 15.0. The van der Waals surface area contributed by atoms with Gasteiger partial charge in [0.25, 0.3) is 0 Å². The van der Waals surface area contributed by atoms with E-state index in [4.69, 9.17) is 0 Å². The third kappa shape index (κ3) is 3.79. The highest BCUT2D eigenvalue weighted by Crippen LogP contribution is 2.15. The van der Waals surface area contributed by atoms with Gasteiger partial charge in [-0.2, -0.15) is 0 Å². The van der Waals surface area contributed by atoms with Crippen LogP contribution in [0.15, 0.2) is 0 Å². The summed E-state index contributed by atoms with van der Waals surface area (Å²) in [4.78, 5) is 0. The van der Waals surface area contributed by atoms with Crippen LogP contribution in [0.4, 0.5) is 0 Å². The van der Waals surface area contributed by atoms with E-state index in [1.54, 1.807) is 0 Å². The van der Waals surface area contributed by atoms with Gasteiger partial charge in [-0.15, -0.1) is 0 Å². The number of hydrogen-bond donors (Lipinski definition) is 1. The normalized spacial score (nSPS) is 28.8. The fraction of sp³-hybridized carbons (Fsp3) is 0.917. The molecule has 1 fully saturated rings. The number of hydrogen-bond acceptors (Lipinski definition) is 1. The average Bonchev–Trinajstić information content (AvgIpc) is 2.46. The molecule has 0 bridgehead atoms. The zero-order chi connectivity index (χ0) is 10.6. The molecule has 82 valence electrons. The standard InChI is InChI=1S/C12H25N2/c1-10(2)9-14(4)8-6-12-11(3)5-7-13-12/h8,10-13H,5-7,9H2,1-4H3/q+1/t11?,12-/m0/s1. The van der Waals surface area contributed by atoms with Crippen molar-refractivity contribution in [3.05, 3.63) is 0 Å². The maximum absolute atomic E-state index is 3.56. The lowest BCUT2D eigenvalue weighted by atomic mass is 10.0. The average molecular weight is 197 g/mol. The highest BCUT2D eigenvalue weighted by molar-refractivity contribution is 5.52. The van der Waals surface area contributed by atoms with Gasteiger partial charge in [-0.25, -0.2) is 4.58 Å². The van der Waals surface area contributed by atoms with Crippen LogP contribution in [0, 0.1) is 11.8 Å². The van der Waals surface area contributed by atoms with Gasteiger partial charge in [0.2, 0.25) is 0 Å². The van der Waals surface area contributed by atoms with Gasteiger partial charge in [0.05, 0.1) is 0 Å². The summed E-state index contributed by atoms with van der Waals surface area (Å²) in [6.07, 6.45) is 4.87. The van der Waals surface area contributed by atoms with Crippen LogP contribution in [0.3, 0.4) is 0 Å². The van der Waals surface area contributed by atoms with Crippen molar-refractivity contribution >= 4 is 6.21 Å². The van der Waals surface area contributed by atoms with Crippen molar-refractivity contribution in [1.29, 1.82) is 0 Å². The van der Waals surface area contributed by atoms with Crippen molar-refractivity contribution in [3.8, 4) is 0 Å². The zero-order valence-electron chi connectivity index (χ0n) is 10.1. The van der Waals surface area contributed by atoms with Crippen molar-refractivity contribution in [2.75, 3.05) is 20.1 Å². The number of nitrogens with one attached hydrogen (secondary N) is 1. The largest absolute Gasteiger partial charge is 0.313 e. The van der Waals surface area contributed by atoms with E-state index < -0.39 is 0 Å². The van der Waals surface area contributed by atoms with Crippen LogP contribution in [0.5, 0.6) is 0 Å². The maximum atomic E-state index is 3.56.